The third kappa shape index (κ3) is 3.74. The van der Waals surface area contributed by atoms with Crippen molar-refractivity contribution >= 4 is 27.6 Å². The highest BCUT2D eigenvalue weighted by molar-refractivity contribution is 7.84. The summed E-state index contributed by atoms with van der Waals surface area (Å²) in [7, 11) is -4.07. The summed E-state index contributed by atoms with van der Waals surface area (Å²) in [6.07, 6.45) is 0. The second-order valence-corrected chi connectivity index (χ2v) is 4.43. The average molecular weight is 267 g/mol. The van der Waals surface area contributed by atoms with E-state index < -0.39 is 15.2 Å². The zero-order chi connectivity index (χ0) is 12.3. The molecule has 0 bridgehead atoms. The minimum absolute atomic E-state index is 0.0376. The van der Waals surface area contributed by atoms with Gasteiger partial charge in [0.2, 0.25) is 0 Å². The highest BCUT2D eigenvalue weighted by Gasteiger charge is 2.13. The van der Waals surface area contributed by atoms with Gasteiger partial charge in [-0.25, -0.2) is 5.14 Å². The quantitative estimate of drug-likeness (QED) is 0.644. The lowest BCUT2D eigenvalue weighted by molar-refractivity contribution is -0.384. The van der Waals surface area contributed by atoms with Gasteiger partial charge in [0.25, 0.3) is 5.69 Å². The average Bonchev–Trinajstić information content (AvgIpc) is 2.14. The van der Waals surface area contributed by atoms with Crippen LogP contribution in [0.5, 0.6) is 0 Å². The van der Waals surface area contributed by atoms with Crippen molar-refractivity contribution in [2.75, 3.05) is 0 Å². The van der Waals surface area contributed by atoms with E-state index in [0.717, 1.165) is 6.07 Å². The largest absolute Gasteiger partial charge is 0.333 e. The van der Waals surface area contributed by atoms with E-state index in [1.807, 2.05) is 0 Å². The lowest BCUT2D eigenvalue weighted by Gasteiger charge is -2.02. The Kier molecular flexibility index (Phi) is 3.81. The van der Waals surface area contributed by atoms with Gasteiger partial charge in [0, 0.05) is 6.07 Å². The van der Waals surface area contributed by atoms with Crippen LogP contribution < -0.4 is 5.14 Å². The number of rotatable bonds is 4. The van der Waals surface area contributed by atoms with E-state index in [9.17, 15) is 18.5 Å². The number of benzene rings is 1. The molecular formula is C7H7ClN2O5S. The number of hydrogen-bond acceptors (Lipinski definition) is 5. The number of nitrogens with zero attached hydrogens (tertiary/aromatic N) is 1. The van der Waals surface area contributed by atoms with Crippen LogP contribution in [0.15, 0.2) is 18.2 Å². The van der Waals surface area contributed by atoms with E-state index in [-0.39, 0.29) is 22.9 Å². The number of nitro benzene ring substituents is 1. The lowest BCUT2D eigenvalue weighted by Crippen LogP contribution is -2.15. The molecule has 0 fully saturated rings. The zero-order valence-corrected chi connectivity index (χ0v) is 9.36. The highest BCUT2D eigenvalue weighted by Crippen LogP contribution is 2.25. The van der Waals surface area contributed by atoms with Gasteiger partial charge in [0.05, 0.1) is 11.5 Å². The first-order valence-electron chi connectivity index (χ1n) is 3.89. The summed E-state index contributed by atoms with van der Waals surface area (Å²) in [4.78, 5) is 9.83. The first kappa shape index (κ1) is 12.8. The summed E-state index contributed by atoms with van der Waals surface area (Å²) in [5, 5.41) is 15.1. The number of hydrogen-bond donors (Lipinski definition) is 1. The van der Waals surface area contributed by atoms with Crippen molar-refractivity contribution in [3.63, 3.8) is 0 Å². The van der Waals surface area contributed by atoms with Crippen LogP contribution in [0.2, 0.25) is 5.02 Å². The molecule has 0 saturated carbocycles. The van der Waals surface area contributed by atoms with Crippen LogP contribution in [-0.2, 0) is 21.1 Å². The molecule has 0 aromatic heterocycles. The Morgan fingerprint density at radius 2 is 2.12 bits per heavy atom. The molecule has 0 unspecified atom stereocenters. The third-order valence-electron chi connectivity index (χ3n) is 1.60. The Hall–Kier alpha value is -1.22. The van der Waals surface area contributed by atoms with Crippen LogP contribution in [0.3, 0.4) is 0 Å². The molecule has 0 aliphatic heterocycles. The van der Waals surface area contributed by atoms with Crippen LogP contribution in [-0.4, -0.2) is 13.3 Å². The van der Waals surface area contributed by atoms with Gasteiger partial charge in [0.1, 0.15) is 5.02 Å². The minimum Gasteiger partial charge on any atom is -0.258 e. The van der Waals surface area contributed by atoms with Gasteiger partial charge in [-0.1, -0.05) is 17.7 Å². The Bertz CT molecular complexity index is 516. The van der Waals surface area contributed by atoms with E-state index in [4.69, 9.17) is 11.6 Å². The van der Waals surface area contributed by atoms with E-state index in [2.05, 4.69) is 9.32 Å². The molecule has 0 amide bonds. The first-order valence-corrected chi connectivity index (χ1v) is 5.74. The normalized spacial score (nSPS) is 11.4. The Morgan fingerprint density at radius 1 is 1.50 bits per heavy atom. The number of halogens is 1. The molecule has 1 aromatic rings. The van der Waals surface area contributed by atoms with Gasteiger partial charge in [-0.15, -0.1) is 0 Å². The van der Waals surface area contributed by atoms with Crippen LogP contribution >= 0.6 is 11.6 Å². The van der Waals surface area contributed by atoms with Gasteiger partial charge < -0.3 is 0 Å². The second kappa shape index (κ2) is 4.74. The van der Waals surface area contributed by atoms with Crippen molar-refractivity contribution in [2.45, 2.75) is 6.61 Å². The third-order valence-corrected chi connectivity index (χ3v) is 2.36. The predicted molar refractivity (Wildman–Crippen MR) is 56.0 cm³/mol. The van der Waals surface area contributed by atoms with Crippen molar-refractivity contribution in [2.24, 2.45) is 5.14 Å². The van der Waals surface area contributed by atoms with Crippen LogP contribution in [0.1, 0.15) is 5.56 Å². The molecule has 0 aliphatic carbocycles. The van der Waals surface area contributed by atoms with E-state index in [1.54, 1.807) is 0 Å². The smallest absolute Gasteiger partial charge is 0.258 e. The van der Waals surface area contributed by atoms with Crippen LogP contribution in [0.25, 0.3) is 0 Å². The summed E-state index contributed by atoms with van der Waals surface area (Å²) in [6.45, 7) is -0.378. The van der Waals surface area contributed by atoms with Crippen molar-refractivity contribution < 1.29 is 17.5 Å². The molecule has 9 heteroatoms. The molecule has 0 spiro atoms. The number of nitro groups is 1. The van der Waals surface area contributed by atoms with Crippen molar-refractivity contribution in [3.8, 4) is 0 Å². The molecule has 0 heterocycles. The first-order chi connectivity index (χ1) is 7.29. The fourth-order valence-corrected chi connectivity index (χ4v) is 1.43. The van der Waals surface area contributed by atoms with E-state index in [1.165, 1.54) is 12.1 Å². The molecule has 0 atom stereocenters. The maximum absolute atomic E-state index is 10.5. The topological polar surface area (TPSA) is 113 Å². The molecule has 1 rings (SSSR count). The molecule has 1 aromatic carbocycles. The Morgan fingerprint density at radius 3 is 2.62 bits per heavy atom. The Labute approximate surface area is 96.2 Å². The zero-order valence-electron chi connectivity index (χ0n) is 7.79. The predicted octanol–water partition coefficient (Wildman–Crippen LogP) is 0.968. The van der Waals surface area contributed by atoms with E-state index >= 15 is 0 Å². The van der Waals surface area contributed by atoms with Gasteiger partial charge in [-0.3, -0.25) is 14.3 Å². The Balaban J connectivity index is 2.91. The molecule has 88 valence electrons. The monoisotopic (exact) mass is 266 g/mol. The molecular weight excluding hydrogens is 260 g/mol. The van der Waals surface area contributed by atoms with Gasteiger partial charge in [-0.05, 0) is 11.6 Å². The molecule has 0 aliphatic rings. The van der Waals surface area contributed by atoms with Crippen molar-refractivity contribution in [1.82, 2.24) is 0 Å². The summed E-state index contributed by atoms with van der Waals surface area (Å²) in [6, 6.07) is 3.80. The van der Waals surface area contributed by atoms with E-state index in [0.29, 0.717) is 0 Å². The van der Waals surface area contributed by atoms with Gasteiger partial charge in [0.15, 0.2) is 0 Å². The summed E-state index contributed by atoms with van der Waals surface area (Å²) < 4.78 is 25.2. The highest BCUT2D eigenvalue weighted by atomic mass is 35.5. The SMILES string of the molecule is NS(=O)(=O)OCc1ccc(Cl)c([N+](=O)[O-])c1. The van der Waals surface area contributed by atoms with Gasteiger partial charge in [-0.2, -0.15) is 8.42 Å². The summed E-state index contributed by atoms with van der Waals surface area (Å²) >= 11 is 5.56. The molecule has 2 N–H and O–H groups in total. The molecule has 0 radical (unpaired) electrons. The van der Waals surface area contributed by atoms with Crippen molar-refractivity contribution in [3.05, 3.63) is 38.9 Å². The van der Waals surface area contributed by atoms with Crippen molar-refractivity contribution in [1.29, 1.82) is 0 Å². The standard InChI is InChI=1S/C7H7ClN2O5S/c8-6-2-1-5(3-7(6)10(11)12)4-15-16(9,13)14/h1-3H,4H2,(H2,9,13,14). The fourth-order valence-electron chi connectivity index (χ4n) is 0.938. The fraction of sp³-hybridized carbons (Fsp3) is 0.143. The summed E-state index contributed by atoms with van der Waals surface area (Å²) in [5.74, 6) is 0. The summed E-state index contributed by atoms with van der Waals surface area (Å²) in [5.41, 5.74) is -0.0395. The van der Waals surface area contributed by atoms with Gasteiger partial charge >= 0.3 is 10.3 Å². The van der Waals surface area contributed by atoms with Crippen LogP contribution in [0, 0.1) is 10.1 Å². The number of nitrogens with two attached hydrogens (primary N) is 1. The lowest BCUT2D eigenvalue weighted by atomic mass is 10.2. The maximum atomic E-state index is 10.5. The van der Waals surface area contributed by atoms with Crippen LogP contribution in [0.4, 0.5) is 5.69 Å². The molecule has 7 nitrogen and oxygen atoms in total. The molecule has 16 heavy (non-hydrogen) atoms. The minimum atomic E-state index is -4.07. The molecule has 0 saturated heterocycles. The second-order valence-electron chi connectivity index (χ2n) is 2.80. The maximum Gasteiger partial charge on any atom is 0.333 e.